The number of nitrogens with zero attached hydrogens (tertiary/aromatic N) is 1. The minimum absolute atomic E-state index is 0.185. The lowest BCUT2D eigenvalue weighted by atomic mass is 10.1. The van der Waals surface area contributed by atoms with Crippen LogP contribution in [-0.2, 0) is 6.42 Å². The molecule has 1 aliphatic carbocycles. The number of benzene rings is 2. The van der Waals surface area contributed by atoms with Crippen molar-refractivity contribution in [1.82, 2.24) is 0 Å². The molecule has 2 aromatic carbocycles. The molecule has 0 spiro atoms. The molecule has 3 rings (SSSR count). The van der Waals surface area contributed by atoms with Crippen LogP contribution in [0.3, 0.4) is 0 Å². The van der Waals surface area contributed by atoms with Crippen LogP contribution in [-0.4, -0.2) is 22.5 Å². The van der Waals surface area contributed by atoms with Crippen molar-refractivity contribution >= 4 is 29.0 Å². The Morgan fingerprint density at radius 1 is 1.16 bits per heavy atom. The number of Topliss-reactive ketones (excluding diaryl/α,β-unsaturated/α-hetero) is 2. The molecule has 2 aromatic rings. The van der Waals surface area contributed by atoms with E-state index in [0.29, 0.717) is 18.4 Å². The molecule has 0 atom stereocenters. The minimum atomic E-state index is -0.205. The van der Waals surface area contributed by atoms with E-state index in [4.69, 9.17) is 5.21 Å². The molecule has 5 heteroatoms. The van der Waals surface area contributed by atoms with E-state index in [9.17, 15) is 9.59 Å². The van der Waals surface area contributed by atoms with Crippen molar-refractivity contribution in [3.05, 3.63) is 59.2 Å². The summed E-state index contributed by atoms with van der Waals surface area (Å²) in [4.78, 5) is 26.0. The van der Waals surface area contributed by atoms with Crippen LogP contribution in [0.15, 0.2) is 57.4 Å². The number of hydrogen-bond donors (Lipinski definition) is 1. The highest BCUT2D eigenvalue weighted by Gasteiger charge is 2.27. The lowest BCUT2D eigenvalue weighted by Gasteiger charge is -2.05. The van der Waals surface area contributed by atoms with Crippen LogP contribution in [0.2, 0.25) is 0 Å². The zero-order chi connectivity index (χ0) is 17.8. The summed E-state index contributed by atoms with van der Waals surface area (Å²) in [7, 11) is 0. The Morgan fingerprint density at radius 3 is 2.56 bits per heavy atom. The van der Waals surface area contributed by atoms with Crippen LogP contribution >= 0.6 is 11.8 Å². The van der Waals surface area contributed by atoms with Crippen molar-refractivity contribution in [3.63, 3.8) is 0 Å². The van der Waals surface area contributed by atoms with Crippen molar-refractivity contribution < 1.29 is 14.8 Å². The minimum Gasteiger partial charge on any atom is -0.411 e. The zero-order valence-electron chi connectivity index (χ0n) is 14.0. The third kappa shape index (κ3) is 3.82. The highest BCUT2D eigenvalue weighted by atomic mass is 32.2. The molecule has 0 saturated heterocycles. The van der Waals surface area contributed by atoms with E-state index in [-0.39, 0.29) is 17.3 Å². The second-order valence-electron chi connectivity index (χ2n) is 6.02. The molecule has 0 radical (unpaired) electrons. The quantitative estimate of drug-likeness (QED) is 0.461. The van der Waals surface area contributed by atoms with E-state index < -0.39 is 0 Å². The van der Waals surface area contributed by atoms with Crippen LogP contribution in [0, 0.1) is 0 Å². The number of ketones is 2. The van der Waals surface area contributed by atoms with Crippen molar-refractivity contribution in [2.24, 2.45) is 5.16 Å². The summed E-state index contributed by atoms with van der Waals surface area (Å²) in [5.74, 6) is -0.0192. The van der Waals surface area contributed by atoms with Gasteiger partial charge in [-0.05, 0) is 42.3 Å². The van der Waals surface area contributed by atoms with Crippen LogP contribution in [0.4, 0.5) is 0 Å². The van der Waals surface area contributed by atoms with Crippen molar-refractivity contribution in [1.29, 1.82) is 0 Å². The molecule has 0 aliphatic heterocycles. The molecule has 0 aromatic heterocycles. The predicted molar refractivity (Wildman–Crippen MR) is 98.1 cm³/mol. The Balaban J connectivity index is 1.72. The van der Waals surface area contributed by atoms with Gasteiger partial charge >= 0.3 is 0 Å². The fourth-order valence-electron chi connectivity index (χ4n) is 2.82. The number of unbranched alkanes of at least 4 members (excludes halogenated alkanes) is 1. The maximum absolute atomic E-state index is 12.0. The number of rotatable bonds is 6. The first-order valence-electron chi connectivity index (χ1n) is 8.32. The van der Waals surface area contributed by atoms with Gasteiger partial charge in [0.15, 0.2) is 5.78 Å². The number of hydrogen-bond acceptors (Lipinski definition) is 5. The summed E-state index contributed by atoms with van der Waals surface area (Å²) in [6, 6.07) is 13.3. The number of carbonyl (C=O) groups is 2. The third-order valence-corrected chi connectivity index (χ3v) is 5.23. The van der Waals surface area contributed by atoms with Gasteiger partial charge in [0, 0.05) is 33.8 Å². The molecular formula is C20H19NO3S. The van der Waals surface area contributed by atoms with E-state index in [1.165, 1.54) is 0 Å². The largest absolute Gasteiger partial charge is 0.411 e. The smallest absolute Gasteiger partial charge is 0.211 e. The van der Waals surface area contributed by atoms with Crippen LogP contribution in [0.25, 0.3) is 0 Å². The molecule has 0 heterocycles. The van der Waals surface area contributed by atoms with Crippen molar-refractivity contribution in [2.75, 3.05) is 0 Å². The van der Waals surface area contributed by atoms with Gasteiger partial charge in [-0.15, -0.1) is 0 Å². The summed E-state index contributed by atoms with van der Waals surface area (Å²) in [6.07, 6.45) is 2.89. The molecular weight excluding hydrogens is 334 g/mol. The first-order valence-corrected chi connectivity index (χ1v) is 9.13. The Bertz CT molecular complexity index is 841. The predicted octanol–water partition coefficient (Wildman–Crippen LogP) is 4.78. The fraction of sp³-hybridized carbons (Fsp3) is 0.250. The monoisotopic (exact) mass is 353 g/mol. The van der Waals surface area contributed by atoms with Crippen molar-refractivity contribution in [3.8, 4) is 0 Å². The van der Waals surface area contributed by atoms with Crippen molar-refractivity contribution in [2.45, 2.75) is 42.4 Å². The fourth-order valence-corrected chi connectivity index (χ4v) is 3.71. The average Bonchev–Trinajstić information content (AvgIpc) is 2.95. The maximum Gasteiger partial charge on any atom is 0.211 e. The van der Waals surface area contributed by atoms with Crippen LogP contribution in [0.1, 0.15) is 52.5 Å². The molecule has 0 fully saturated rings. The maximum atomic E-state index is 12.0. The lowest BCUT2D eigenvalue weighted by molar-refractivity contribution is 0.0979. The molecule has 25 heavy (non-hydrogen) atoms. The first-order chi connectivity index (χ1) is 12.1. The van der Waals surface area contributed by atoms with Gasteiger partial charge in [-0.1, -0.05) is 42.4 Å². The molecule has 1 N–H and O–H groups in total. The standard InChI is InChI=1S/C20H19NO3S/c1-2-3-4-19(22)13-5-7-15(8-6-13)25-16-9-10-17-14(11-16)12-18(21-24)20(17)23/h5-11,24H,2-4,12H2,1H3/b21-18-. The Labute approximate surface area is 150 Å². The Kier molecular flexibility index (Phi) is 5.34. The summed E-state index contributed by atoms with van der Waals surface area (Å²) in [5.41, 5.74) is 2.43. The van der Waals surface area contributed by atoms with Gasteiger partial charge in [-0.2, -0.15) is 0 Å². The highest BCUT2D eigenvalue weighted by molar-refractivity contribution is 7.99. The summed E-state index contributed by atoms with van der Waals surface area (Å²) < 4.78 is 0. The number of carbonyl (C=O) groups excluding carboxylic acids is 2. The zero-order valence-corrected chi connectivity index (χ0v) is 14.8. The number of oxime groups is 1. The molecule has 0 amide bonds. The molecule has 4 nitrogen and oxygen atoms in total. The second-order valence-corrected chi connectivity index (χ2v) is 7.17. The van der Waals surface area contributed by atoms with Gasteiger partial charge in [0.05, 0.1) is 0 Å². The topological polar surface area (TPSA) is 66.7 Å². The first kappa shape index (κ1) is 17.4. The van der Waals surface area contributed by atoms with Gasteiger partial charge < -0.3 is 5.21 Å². The molecule has 0 unspecified atom stereocenters. The average molecular weight is 353 g/mol. The summed E-state index contributed by atoms with van der Waals surface area (Å²) >= 11 is 1.58. The van der Waals surface area contributed by atoms with E-state index in [1.54, 1.807) is 17.8 Å². The summed E-state index contributed by atoms with van der Waals surface area (Å²) in [6.45, 7) is 2.08. The van der Waals surface area contributed by atoms with E-state index in [0.717, 1.165) is 33.8 Å². The van der Waals surface area contributed by atoms with Gasteiger partial charge in [0.2, 0.25) is 5.78 Å². The second kappa shape index (κ2) is 7.66. The SMILES string of the molecule is CCCCC(=O)c1ccc(Sc2ccc3c(c2)C/C(=N/O)C3=O)cc1. The lowest BCUT2D eigenvalue weighted by Crippen LogP contribution is -2.06. The normalized spacial score (nSPS) is 14.8. The molecule has 1 aliphatic rings. The van der Waals surface area contributed by atoms with Gasteiger partial charge in [0.25, 0.3) is 0 Å². The summed E-state index contributed by atoms with van der Waals surface area (Å²) in [5, 5.41) is 11.9. The van der Waals surface area contributed by atoms with Gasteiger partial charge in [-0.25, -0.2) is 0 Å². The number of fused-ring (bicyclic) bond motifs is 1. The van der Waals surface area contributed by atoms with Crippen LogP contribution < -0.4 is 0 Å². The van der Waals surface area contributed by atoms with Gasteiger partial charge in [-0.3, -0.25) is 9.59 Å². The molecule has 0 bridgehead atoms. The van der Waals surface area contributed by atoms with E-state index in [2.05, 4.69) is 12.1 Å². The molecule has 0 saturated carbocycles. The van der Waals surface area contributed by atoms with Crippen LogP contribution in [0.5, 0.6) is 0 Å². The molecule has 128 valence electrons. The Morgan fingerprint density at radius 2 is 1.88 bits per heavy atom. The van der Waals surface area contributed by atoms with Gasteiger partial charge in [0.1, 0.15) is 5.71 Å². The highest BCUT2D eigenvalue weighted by Crippen LogP contribution is 2.31. The van der Waals surface area contributed by atoms with E-state index in [1.807, 2.05) is 36.4 Å². The third-order valence-electron chi connectivity index (χ3n) is 4.23. The Hall–Kier alpha value is -2.40. The van der Waals surface area contributed by atoms with E-state index >= 15 is 0 Å².